The van der Waals surface area contributed by atoms with Crippen molar-refractivity contribution in [3.63, 3.8) is 0 Å². The van der Waals surface area contributed by atoms with E-state index in [4.69, 9.17) is 14.2 Å². The van der Waals surface area contributed by atoms with E-state index < -0.39 is 5.91 Å². The summed E-state index contributed by atoms with van der Waals surface area (Å²) in [5.41, 5.74) is 0.758. The number of benzene rings is 1. The highest BCUT2D eigenvalue weighted by molar-refractivity contribution is 6.01. The maximum absolute atomic E-state index is 12.2. The van der Waals surface area contributed by atoms with E-state index in [2.05, 4.69) is 5.32 Å². The zero-order valence-corrected chi connectivity index (χ0v) is 15.4. The standard InChI is InChI=1S/C20H26N2O4/c1-3-9-26-18-8-7-15(12-19(18)24-4-2)11-16(13-21)20(23)22-14-17-6-5-10-25-17/h7-8,11-12,17H,3-6,9-10,14H2,1-2H3,(H,22,23)/b16-11+/t17-/m1/s1. The average Bonchev–Trinajstić information content (AvgIpc) is 3.17. The summed E-state index contributed by atoms with van der Waals surface area (Å²) in [5, 5.41) is 12.1. The van der Waals surface area contributed by atoms with Gasteiger partial charge in [-0.25, -0.2) is 0 Å². The minimum absolute atomic E-state index is 0.0402. The number of rotatable bonds is 9. The van der Waals surface area contributed by atoms with Crippen LogP contribution in [0.2, 0.25) is 0 Å². The van der Waals surface area contributed by atoms with Gasteiger partial charge in [-0.05, 0) is 50.0 Å². The monoisotopic (exact) mass is 358 g/mol. The highest BCUT2D eigenvalue weighted by atomic mass is 16.5. The van der Waals surface area contributed by atoms with Gasteiger partial charge in [0, 0.05) is 13.2 Å². The number of nitriles is 1. The van der Waals surface area contributed by atoms with Crippen molar-refractivity contribution in [2.24, 2.45) is 0 Å². The fourth-order valence-electron chi connectivity index (χ4n) is 2.64. The van der Waals surface area contributed by atoms with Crippen LogP contribution in [0.4, 0.5) is 0 Å². The molecule has 0 aromatic heterocycles. The molecule has 1 aliphatic heterocycles. The Morgan fingerprint density at radius 3 is 2.88 bits per heavy atom. The summed E-state index contributed by atoms with van der Waals surface area (Å²) in [7, 11) is 0. The van der Waals surface area contributed by atoms with E-state index in [9.17, 15) is 10.1 Å². The van der Waals surface area contributed by atoms with E-state index in [1.165, 1.54) is 0 Å². The van der Waals surface area contributed by atoms with E-state index in [1.54, 1.807) is 24.3 Å². The minimum Gasteiger partial charge on any atom is -0.490 e. The summed E-state index contributed by atoms with van der Waals surface area (Å²) >= 11 is 0. The molecule has 6 nitrogen and oxygen atoms in total. The molecule has 140 valence electrons. The van der Waals surface area contributed by atoms with Crippen LogP contribution in [0.1, 0.15) is 38.7 Å². The van der Waals surface area contributed by atoms with Gasteiger partial charge < -0.3 is 19.5 Å². The topological polar surface area (TPSA) is 80.6 Å². The first kappa shape index (κ1) is 19.8. The Morgan fingerprint density at radius 1 is 1.38 bits per heavy atom. The van der Waals surface area contributed by atoms with Gasteiger partial charge in [-0.1, -0.05) is 13.0 Å². The Balaban J connectivity index is 2.09. The average molecular weight is 358 g/mol. The number of carbonyl (C=O) groups excluding carboxylic acids is 1. The van der Waals surface area contributed by atoms with Crippen molar-refractivity contribution in [1.82, 2.24) is 5.32 Å². The van der Waals surface area contributed by atoms with Gasteiger partial charge in [0.1, 0.15) is 11.6 Å². The lowest BCUT2D eigenvalue weighted by Gasteiger charge is -2.12. The summed E-state index contributed by atoms with van der Waals surface area (Å²) in [5.74, 6) is 0.867. The summed E-state index contributed by atoms with van der Waals surface area (Å²) in [6.07, 6.45) is 4.43. The summed E-state index contributed by atoms with van der Waals surface area (Å²) in [4.78, 5) is 12.2. The van der Waals surface area contributed by atoms with Crippen molar-refractivity contribution in [3.8, 4) is 17.6 Å². The normalized spacial score (nSPS) is 16.8. The van der Waals surface area contributed by atoms with Crippen molar-refractivity contribution < 1.29 is 19.0 Å². The molecule has 0 saturated carbocycles. The Hall–Kier alpha value is -2.52. The molecule has 1 N–H and O–H groups in total. The molecule has 1 atom stereocenters. The molecule has 0 unspecified atom stereocenters. The fraction of sp³-hybridized carbons (Fsp3) is 0.500. The van der Waals surface area contributed by atoms with Gasteiger partial charge in [0.2, 0.25) is 0 Å². The lowest BCUT2D eigenvalue weighted by molar-refractivity contribution is -0.117. The molecule has 0 aliphatic carbocycles. The van der Waals surface area contributed by atoms with Crippen molar-refractivity contribution in [3.05, 3.63) is 29.3 Å². The molecular weight excluding hydrogens is 332 g/mol. The fourth-order valence-corrected chi connectivity index (χ4v) is 2.64. The number of hydrogen-bond donors (Lipinski definition) is 1. The van der Waals surface area contributed by atoms with Crippen LogP contribution < -0.4 is 14.8 Å². The number of hydrogen-bond acceptors (Lipinski definition) is 5. The highest BCUT2D eigenvalue weighted by Gasteiger charge is 2.17. The minimum atomic E-state index is -0.396. The SMILES string of the molecule is CCCOc1ccc(/C=C(\C#N)C(=O)NC[C@H]2CCCO2)cc1OCC. The lowest BCUT2D eigenvalue weighted by Crippen LogP contribution is -2.32. The Morgan fingerprint density at radius 2 is 2.23 bits per heavy atom. The molecule has 1 heterocycles. The molecule has 1 aromatic carbocycles. The second-order valence-electron chi connectivity index (χ2n) is 6.00. The molecule has 1 aliphatic rings. The zero-order valence-electron chi connectivity index (χ0n) is 15.4. The molecule has 1 saturated heterocycles. The predicted octanol–water partition coefficient (Wildman–Crippen LogP) is 3.08. The van der Waals surface area contributed by atoms with Gasteiger partial charge in [-0.15, -0.1) is 0 Å². The third kappa shape index (κ3) is 5.78. The van der Waals surface area contributed by atoms with Crippen LogP contribution in [0.3, 0.4) is 0 Å². The van der Waals surface area contributed by atoms with Crippen LogP contribution in [0.15, 0.2) is 23.8 Å². The maximum atomic E-state index is 12.2. The van der Waals surface area contributed by atoms with Gasteiger partial charge in [0.05, 0.1) is 19.3 Å². The van der Waals surface area contributed by atoms with Crippen LogP contribution >= 0.6 is 0 Å². The van der Waals surface area contributed by atoms with E-state index in [-0.39, 0.29) is 11.7 Å². The van der Waals surface area contributed by atoms with Gasteiger partial charge in [-0.2, -0.15) is 5.26 Å². The first-order valence-corrected chi connectivity index (χ1v) is 9.09. The number of ether oxygens (including phenoxy) is 3. The number of amides is 1. The van der Waals surface area contributed by atoms with Crippen molar-refractivity contribution >= 4 is 12.0 Å². The van der Waals surface area contributed by atoms with Crippen LogP contribution in [-0.4, -0.2) is 38.4 Å². The smallest absolute Gasteiger partial charge is 0.262 e. The van der Waals surface area contributed by atoms with Crippen molar-refractivity contribution in [2.75, 3.05) is 26.4 Å². The Kier molecular flexibility index (Phi) is 7.97. The summed E-state index contributed by atoms with van der Waals surface area (Å²) < 4.78 is 16.8. The van der Waals surface area contributed by atoms with E-state index in [0.29, 0.717) is 36.8 Å². The van der Waals surface area contributed by atoms with E-state index in [1.807, 2.05) is 19.9 Å². The molecule has 2 rings (SSSR count). The molecule has 6 heteroatoms. The second kappa shape index (κ2) is 10.5. The molecule has 0 radical (unpaired) electrons. The zero-order chi connectivity index (χ0) is 18.8. The van der Waals surface area contributed by atoms with Crippen molar-refractivity contribution in [2.45, 2.75) is 39.2 Å². The third-order valence-electron chi connectivity index (χ3n) is 3.92. The van der Waals surface area contributed by atoms with E-state index in [0.717, 1.165) is 25.9 Å². The molecule has 1 aromatic rings. The maximum Gasteiger partial charge on any atom is 0.262 e. The molecule has 0 bridgehead atoms. The lowest BCUT2D eigenvalue weighted by atomic mass is 10.1. The third-order valence-corrected chi connectivity index (χ3v) is 3.92. The van der Waals surface area contributed by atoms with Crippen LogP contribution in [0.5, 0.6) is 11.5 Å². The Bertz CT molecular complexity index is 673. The number of carbonyl (C=O) groups is 1. The van der Waals surface area contributed by atoms with Gasteiger partial charge in [-0.3, -0.25) is 4.79 Å². The number of nitrogens with one attached hydrogen (secondary N) is 1. The molecule has 0 spiro atoms. The molecule has 1 fully saturated rings. The molecular formula is C20H26N2O4. The van der Waals surface area contributed by atoms with Crippen molar-refractivity contribution in [1.29, 1.82) is 5.26 Å². The predicted molar refractivity (Wildman–Crippen MR) is 99.0 cm³/mol. The van der Waals surface area contributed by atoms with Gasteiger partial charge in [0.25, 0.3) is 5.91 Å². The van der Waals surface area contributed by atoms with Crippen LogP contribution in [0.25, 0.3) is 6.08 Å². The summed E-state index contributed by atoms with van der Waals surface area (Å²) in [6, 6.07) is 7.34. The first-order valence-electron chi connectivity index (χ1n) is 9.09. The quantitative estimate of drug-likeness (QED) is 0.542. The highest BCUT2D eigenvalue weighted by Crippen LogP contribution is 2.29. The Labute approximate surface area is 154 Å². The second-order valence-corrected chi connectivity index (χ2v) is 6.00. The van der Waals surface area contributed by atoms with Crippen LogP contribution in [0, 0.1) is 11.3 Å². The van der Waals surface area contributed by atoms with E-state index >= 15 is 0 Å². The molecule has 1 amide bonds. The summed E-state index contributed by atoms with van der Waals surface area (Å²) in [6.45, 7) is 6.18. The molecule has 26 heavy (non-hydrogen) atoms. The number of nitrogens with zero attached hydrogens (tertiary/aromatic N) is 1. The largest absolute Gasteiger partial charge is 0.490 e. The van der Waals surface area contributed by atoms with Gasteiger partial charge >= 0.3 is 0 Å². The first-order chi connectivity index (χ1) is 12.7. The van der Waals surface area contributed by atoms with Gasteiger partial charge in [0.15, 0.2) is 11.5 Å². The van der Waals surface area contributed by atoms with Crippen LogP contribution in [-0.2, 0) is 9.53 Å².